The van der Waals surface area contributed by atoms with Crippen LogP contribution < -0.4 is 4.74 Å². The van der Waals surface area contributed by atoms with Crippen LogP contribution >= 0.6 is 0 Å². The maximum atomic E-state index is 10.3. The lowest BCUT2D eigenvalue weighted by molar-refractivity contribution is -0.131. The summed E-state index contributed by atoms with van der Waals surface area (Å²) in [5.74, 6) is -0.428. The number of aliphatic carboxylic acids is 1. The van der Waals surface area contributed by atoms with Gasteiger partial charge in [0.05, 0.1) is 12.3 Å². The van der Waals surface area contributed by atoms with Gasteiger partial charge in [-0.05, 0) is 23.3 Å². The third-order valence-electron chi connectivity index (χ3n) is 2.36. The topological polar surface area (TPSA) is 46.5 Å². The highest BCUT2D eigenvalue weighted by Crippen LogP contribution is 2.23. The highest BCUT2D eigenvalue weighted by molar-refractivity contribution is 5.79. The third kappa shape index (κ3) is 3.22. The van der Waals surface area contributed by atoms with Gasteiger partial charge in [-0.2, -0.15) is 0 Å². The van der Waals surface area contributed by atoms with E-state index in [4.69, 9.17) is 9.84 Å². The predicted molar refractivity (Wildman–Crippen MR) is 69.3 cm³/mol. The Kier molecular flexibility index (Phi) is 3.76. The first-order valence-corrected chi connectivity index (χ1v) is 5.47. The van der Waals surface area contributed by atoms with Crippen molar-refractivity contribution in [3.8, 4) is 16.9 Å². The second kappa shape index (κ2) is 5.68. The predicted octanol–water partition coefficient (Wildman–Crippen LogP) is 3.33. The maximum Gasteiger partial charge on any atom is 0.331 e. The molecule has 3 nitrogen and oxygen atoms in total. The van der Waals surface area contributed by atoms with E-state index >= 15 is 0 Å². The van der Waals surface area contributed by atoms with Crippen LogP contribution in [0.2, 0.25) is 0 Å². The van der Waals surface area contributed by atoms with E-state index in [-0.39, 0.29) is 0 Å². The van der Waals surface area contributed by atoms with Crippen molar-refractivity contribution in [1.82, 2.24) is 0 Å². The molecule has 2 aromatic rings. The Balaban J connectivity index is 2.18. The highest BCUT2D eigenvalue weighted by atomic mass is 16.5. The van der Waals surface area contributed by atoms with Gasteiger partial charge in [0.2, 0.25) is 0 Å². The summed E-state index contributed by atoms with van der Waals surface area (Å²) in [6.45, 7) is 0. The lowest BCUT2D eigenvalue weighted by Crippen LogP contribution is -1.89. The van der Waals surface area contributed by atoms with Gasteiger partial charge in [0.25, 0.3) is 0 Å². The first kappa shape index (κ1) is 11.9. The molecule has 0 saturated carbocycles. The SMILES string of the molecule is O=C(O)C=COc1cccc(-c2ccccc2)c1. The Hall–Kier alpha value is -2.55. The van der Waals surface area contributed by atoms with Crippen molar-refractivity contribution in [2.45, 2.75) is 0 Å². The molecule has 0 aliphatic carbocycles. The molecule has 2 rings (SSSR count). The van der Waals surface area contributed by atoms with Crippen LogP contribution in [0.25, 0.3) is 11.1 Å². The summed E-state index contributed by atoms with van der Waals surface area (Å²) in [5, 5.41) is 8.46. The fourth-order valence-corrected chi connectivity index (χ4v) is 1.55. The molecule has 3 heteroatoms. The Morgan fingerprint density at radius 1 is 1.00 bits per heavy atom. The van der Waals surface area contributed by atoms with Crippen LogP contribution in [0.5, 0.6) is 5.75 Å². The number of ether oxygens (including phenoxy) is 1. The van der Waals surface area contributed by atoms with Crippen LogP contribution in [-0.2, 0) is 4.79 Å². The largest absolute Gasteiger partial charge is 0.478 e. The van der Waals surface area contributed by atoms with Crippen molar-refractivity contribution in [3.05, 3.63) is 66.9 Å². The molecule has 0 unspecified atom stereocenters. The molecule has 0 spiro atoms. The van der Waals surface area contributed by atoms with Gasteiger partial charge < -0.3 is 9.84 Å². The molecule has 0 heterocycles. The maximum absolute atomic E-state index is 10.3. The van der Waals surface area contributed by atoms with Crippen molar-refractivity contribution in [3.63, 3.8) is 0 Å². The summed E-state index contributed by atoms with van der Waals surface area (Å²) in [4.78, 5) is 10.3. The molecular formula is C15H12O3. The molecule has 0 bridgehead atoms. The Morgan fingerprint density at radius 2 is 1.72 bits per heavy atom. The summed E-state index contributed by atoms with van der Waals surface area (Å²) >= 11 is 0. The number of benzene rings is 2. The van der Waals surface area contributed by atoms with E-state index in [1.54, 1.807) is 6.07 Å². The Morgan fingerprint density at radius 3 is 2.44 bits per heavy atom. The number of carboxylic acids is 1. The van der Waals surface area contributed by atoms with E-state index in [1.807, 2.05) is 48.5 Å². The van der Waals surface area contributed by atoms with Crippen LogP contribution in [0.3, 0.4) is 0 Å². The van der Waals surface area contributed by atoms with Gasteiger partial charge >= 0.3 is 5.97 Å². The van der Waals surface area contributed by atoms with Crippen molar-refractivity contribution in [2.75, 3.05) is 0 Å². The normalized spacial score (nSPS) is 10.4. The molecule has 0 saturated heterocycles. The van der Waals surface area contributed by atoms with Gasteiger partial charge in [-0.25, -0.2) is 4.79 Å². The zero-order chi connectivity index (χ0) is 12.8. The first-order chi connectivity index (χ1) is 8.75. The van der Waals surface area contributed by atoms with Gasteiger partial charge in [-0.15, -0.1) is 0 Å². The molecule has 0 fully saturated rings. The van der Waals surface area contributed by atoms with E-state index in [0.29, 0.717) is 5.75 Å². The molecule has 0 aliphatic rings. The third-order valence-corrected chi connectivity index (χ3v) is 2.36. The molecule has 0 amide bonds. The molecule has 1 N–H and O–H groups in total. The molecule has 0 aliphatic heterocycles. The monoisotopic (exact) mass is 240 g/mol. The minimum atomic E-state index is -1.03. The van der Waals surface area contributed by atoms with Crippen molar-refractivity contribution >= 4 is 5.97 Å². The minimum absolute atomic E-state index is 0.605. The molecule has 2 aromatic carbocycles. The van der Waals surface area contributed by atoms with Crippen molar-refractivity contribution in [1.29, 1.82) is 0 Å². The quantitative estimate of drug-likeness (QED) is 0.658. The van der Waals surface area contributed by atoms with E-state index in [2.05, 4.69) is 0 Å². The fraction of sp³-hybridized carbons (Fsp3) is 0. The molecule has 0 atom stereocenters. The van der Waals surface area contributed by atoms with Crippen molar-refractivity contribution in [2.24, 2.45) is 0 Å². The highest BCUT2D eigenvalue weighted by Gasteiger charge is 1.98. The summed E-state index contributed by atoms with van der Waals surface area (Å²) in [6.07, 6.45) is 2.11. The van der Waals surface area contributed by atoms with Crippen LogP contribution in [0.15, 0.2) is 66.9 Å². The van der Waals surface area contributed by atoms with Crippen molar-refractivity contribution < 1.29 is 14.6 Å². The minimum Gasteiger partial charge on any atom is -0.478 e. The first-order valence-electron chi connectivity index (χ1n) is 5.47. The van der Waals surface area contributed by atoms with Gasteiger partial charge in [0.15, 0.2) is 0 Å². The van der Waals surface area contributed by atoms with Gasteiger partial charge in [-0.3, -0.25) is 0 Å². The van der Waals surface area contributed by atoms with E-state index in [9.17, 15) is 4.79 Å². The lowest BCUT2D eigenvalue weighted by atomic mass is 10.1. The second-order valence-corrected chi connectivity index (χ2v) is 3.65. The molecule has 0 radical (unpaired) electrons. The lowest BCUT2D eigenvalue weighted by Gasteiger charge is -2.04. The average molecular weight is 240 g/mol. The van der Waals surface area contributed by atoms with E-state index in [0.717, 1.165) is 23.5 Å². The zero-order valence-electron chi connectivity index (χ0n) is 9.61. The Bertz CT molecular complexity index is 559. The molecule has 18 heavy (non-hydrogen) atoms. The zero-order valence-corrected chi connectivity index (χ0v) is 9.61. The fourth-order valence-electron chi connectivity index (χ4n) is 1.55. The summed E-state index contributed by atoms with van der Waals surface area (Å²) in [6, 6.07) is 17.4. The molecule has 90 valence electrons. The van der Waals surface area contributed by atoms with Gasteiger partial charge in [0, 0.05) is 0 Å². The summed E-state index contributed by atoms with van der Waals surface area (Å²) < 4.78 is 5.22. The Labute approximate surface area is 105 Å². The number of carbonyl (C=O) groups is 1. The standard InChI is InChI=1S/C15H12O3/c16-15(17)9-10-18-14-8-4-7-13(11-14)12-5-2-1-3-6-12/h1-11H,(H,16,17). The molecular weight excluding hydrogens is 228 g/mol. The van der Waals surface area contributed by atoms with Crippen LogP contribution in [-0.4, -0.2) is 11.1 Å². The average Bonchev–Trinajstić information content (AvgIpc) is 2.40. The number of hydrogen-bond acceptors (Lipinski definition) is 2. The van der Waals surface area contributed by atoms with E-state index in [1.165, 1.54) is 0 Å². The van der Waals surface area contributed by atoms with Gasteiger partial charge in [-0.1, -0.05) is 42.5 Å². The van der Waals surface area contributed by atoms with Crippen LogP contribution in [0.4, 0.5) is 0 Å². The number of carboxylic acid groups (broad SMARTS) is 1. The summed E-state index contributed by atoms with van der Waals surface area (Å²) in [5.41, 5.74) is 2.11. The number of hydrogen-bond donors (Lipinski definition) is 1. The smallest absolute Gasteiger partial charge is 0.331 e. The molecule has 0 aromatic heterocycles. The van der Waals surface area contributed by atoms with Crippen LogP contribution in [0.1, 0.15) is 0 Å². The van der Waals surface area contributed by atoms with E-state index < -0.39 is 5.97 Å². The second-order valence-electron chi connectivity index (χ2n) is 3.65. The van der Waals surface area contributed by atoms with Gasteiger partial charge in [0.1, 0.15) is 5.75 Å². The number of rotatable bonds is 4. The van der Waals surface area contributed by atoms with Crippen LogP contribution in [0, 0.1) is 0 Å². The summed E-state index contributed by atoms with van der Waals surface area (Å²) in [7, 11) is 0.